The monoisotopic (exact) mass is 224 g/mol. The minimum atomic E-state index is -3.31. The third-order valence-electron chi connectivity index (χ3n) is 2.28. The second kappa shape index (κ2) is 3.34. The van der Waals surface area contributed by atoms with E-state index in [4.69, 9.17) is 0 Å². The molecule has 5 heteroatoms. The van der Waals surface area contributed by atoms with E-state index >= 15 is 0 Å². The van der Waals surface area contributed by atoms with E-state index in [-0.39, 0.29) is 0 Å². The maximum absolute atomic E-state index is 11.5. The highest BCUT2D eigenvalue weighted by Gasteiger charge is 2.14. The molecule has 0 aliphatic rings. The van der Waals surface area contributed by atoms with Gasteiger partial charge in [-0.2, -0.15) is 9.19 Å². The third kappa shape index (κ3) is 1.63. The van der Waals surface area contributed by atoms with Gasteiger partial charge in [-0.3, -0.25) is 0 Å². The van der Waals surface area contributed by atoms with Crippen LogP contribution < -0.4 is 0 Å². The molecule has 0 unspecified atom stereocenters. The number of para-hydroxylation sites is 1. The molecule has 0 radical (unpaired) electrons. The molecule has 2 rings (SSSR count). The van der Waals surface area contributed by atoms with Crippen LogP contribution in [0.15, 0.2) is 24.3 Å². The van der Waals surface area contributed by atoms with E-state index in [2.05, 4.69) is 5.10 Å². The second-order valence-electron chi connectivity index (χ2n) is 3.42. The number of rotatable bonds is 2. The van der Waals surface area contributed by atoms with Crippen molar-refractivity contribution in [3.05, 3.63) is 30.0 Å². The average molecular weight is 224 g/mol. The van der Waals surface area contributed by atoms with Crippen molar-refractivity contribution < 1.29 is 8.42 Å². The molecule has 0 aliphatic heterocycles. The van der Waals surface area contributed by atoms with Crippen LogP contribution in [0.25, 0.3) is 10.9 Å². The Morgan fingerprint density at radius 3 is 2.60 bits per heavy atom. The Balaban J connectivity index is 2.88. The summed E-state index contributed by atoms with van der Waals surface area (Å²) in [6, 6.07) is 7.35. The van der Waals surface area contributed by atoms with Crippen molar-refractivity contribution in [1.82, 2.24) is 9.19 Å². The van der Waals surface area contributed by atoms with Crippen molar-refractivity contribution in [3.8, 4) is 0 Å². The van der Waals surface area contributed by atoms with Crippen LogP contribution in [0, 0.1) is 0 Å². The first-order chi connectivity index (χ1) is 7.04. The maximum Gasteiger partial charge on any atom is 0.251 e. The van der Waals surface area contributed by atoms with E-state index in [9.17, 15) is 8.42 Å². The number of hydrogen-bond acceptors (Lipinski definition) is 3. The number of nitrogens with zero attached hydrogens (tertiary/aromatic N) is 2. The number of fused-ring (bicyclic) bond motifs is 1. The quantitative estimate of drug-likeness (QED) is 0.775. The van der Waals surface area contributed by atoms with Crippen LogP contribution in [-0.2, 0) is 16.4 Å². The van der Waals surface area contributed by atoms with Gasteiger partial charge in [-0.1, -0.05) is 25.1 Å². The standard InChI is InChI=1S/C10H12N2O2S/c1-3-9-8-6-4-5-7-10(8)12(11-9)15(2,13)14/h4-7H,3H2,1-2H3. The molecular weight excluding hydrogens is 212 g/mol. The van der Waals surface area contributed by atoms with Crippen LogP contribution in [0.1, 0.15) is 12.6 Å². The number of benzene rings is 1. The van der Waals surface area contributed by atoms with E-state index in [1.165, 1.54) is 0 Å². The summed E-state index contributed by atoms with van der Waals surface area (Å²) in [6.07, 6.45) is 1.88. The molecule has 0 spiro atoms. The molecule has 1 heterocycles. The molecule has 0 atom stereocenters. The lowest BCUT2D eigenvalue weighted by atomic mass is 10.2. The fourth-order valence-electron chi connectivity index (χ4n) is 1.62. The van der Waals surface area contributed by atoms with Gasteiger partial charge < -0.3 is 0 Å². The van der Waals surface area contributed by atoms with Gasteiger partial charge in [0.25, 0.3) is 10.0 Å². The van der Waals surface area contributed by atoms with Crippen molar-refractivity contribution in [3.63, 3.8) is 0 Å². The van der Waals surface area contributed by atoms with E-state index in [1.807, 2.05) is 25.1 Å². The van der Waals surface area contributed by atoms with Crippen molar-refractivity contribution in [2.75, 3.05) is 6.26 Å². The molecule has 0 saturated carbocycles. The first-order valence-corrected chi connectivity index (χ1v) is 6.56. The van der Waals surface area contributed by atoms with Gasteiger partial charge in [-0.05, 0) is 12.5 Å². The molecule has 4 nitrogen and oxygen atoms in total. The zero-order valence-corrected chi connectivity index (χ0v) is 9.45. The Morgan fingerprint density at radius 1 is 1.33 bits per heavy atom. The predicted octanol–water partition coefficient (Wildman–Crippen LogP) is 1.41. The number of aryl methyl sites for hydroxylation is 1. The Bertz CT molecular complexity index is 599. The third-order valence-corrected chi connectivity index (χ3v) is 3.19. The molecule has 2 aromatic rings. The van der Waals surface area contributed by atoms with Gasteiger partial charge in [-0.15, -0.1) is 0 Å². The van der Waals surface area contributed by atoms with Gasteiger partial charge in [0.2, 0.25) is 0 Å². The summed E-state index contributed by atoms with van der Waals surface area (Å²) >= 11 is 0. The lowest BCUT2D eigenvalue weighted by Crippen LogP contribution is -2.11. The molecule has 1 aromatic heterocycles. The Hall–Kier alpha value is -1.36. The molecule has 0 fully saturated rings. The molecule has 0 bridgehead atoms. The minimum absolute atomic E-state index is 0.650. The number of aromatic nitrogens is 2. The van der Waals surface area contributed by atoms with Crippen LogP contribution in [-0.4, -0.2) is 23.9 Å². The summed E-state index contributed by atoms with van der Waals surface area (Å²) < 4.78 is 24.1. The fraction of sp³-hybridized carbons (Fsp3) is 0.300. The lowest BCUT2D eigenvalue weighted by Gasteiger charge is -1.97. The fourth-order valence-corrected chi connectivity index (χ4v) is 2.38. The van der Waals surface area contributed by atoms with E-state index in [0.29, 0.717) is 5.52 Å². The van der Waals surface area contributed by atoms with Gasteiger partial charge in [0.1, 0.15) is 0 Å². The van der Waals surface area contributed by atoms with E-state index < -0.39 is 10.0 Å². The summed E-state index contributed by atoms with van der Waals surface area (Å²) in [5.41, 5.74) is 1.47. The van der Waals surface area contributed by atoms with Crippen molar-refractivity contribution in [2.45, 2.75) is 13.3 Å². The normalized spacial score (nSPS) is 12.1. The SMILES string of the molecule is CCc1nn(S(C)(=O)=O)c2ccccc12. The lowest BCUT2D eigenvalue weighted by molar-refractivity contribution is 0.587. The highest BCUT2D eigenvalue weighted by molar-refractivity contribution is 7.89. The van der Waals surface area contributed by atoms with Gasteiger partial charge in [0.15, 0.2) is 0 Å². The summed E-state index contributed by atoms with van der Waals surface area (Å²) in [5, 5.41) is 5.02. The topological polar surface area (TPSA) is 52.0 Å². The van der Waals surface area contributed by atoms with Gasteiger partial charge in [0.05, 0.1) is 17.5 Å². The predicted molar refractivity (Wildman–Crippen MR) is 59.4 cm³/mol. The second-order valence-corrected chi connectivity index (χ2v) is 5.24. The molecule has 0 aliphatic carbocycles. The van der Waals surface area contributed by atoms with E-state index in [1.54, 1.807) is 6.07 Å². The van der Waals surface area contributed by atoms with Crippen LogP contribution in [0.2, 0.25) is 0 Å². The van der Waals surface area contributed by atoms with Crippen LogP contribution in [0.3, 0.4) is 0 Å². The molecule has 0 N–H and O–H groups in total. The number of hydrogen-bond donors (Lipinski definition) is 0. The highest BCUT2D eigenvalue weighted by Crippen LogP contribution is 2.19. The van der Waals surface area contributed by atoms with Crippen molar-refractivity contribution in [1.29, 1.82) is 0 Å². The molecule has 15 heavy (non-hydrogen) atoms. The first kappa shape index (κ1) is 10.2. The molecule has 0 saturated heterocycles. The summed E-state index contributed by atoms with van der Waals surface area (Å²) in [6.45, 7) is 1.96. The summed E-state index contributed by atoms with van der Waals surface area (Å²) in [7, 11) is -3.31. The highest BCUT2D eigenvalue weighted by atomic mass is 32.2. The summed E-state index contributed by atoms with van der Waals surface area (Å²) in [5.74, 6) is 0. The Labute approximate surface area is 88.6 Å². The molecule has 1 aromatic carbocycles. The molecular formula is C10H12N2O2S. The largest absolute Gasteiger partial charge is 0.251 e. The molecule has 80 valence electrons. The zero-order chi connectivity index (χ0) is 11.1. The average Bonchev–Trinajstić information content (AvgIpc) is 2.55. The van der Waals surface area contributed by atoms with Crippen molar-refractivity contribution >= 4 is 20.9 Å². The van der Waals surface area contributed by atoms with Crippen LogP contribution >= 0.6 is 0 Å². The first-order valence-electron chi connectivity index (χ1n) is 4.71. The summed E-state index contributed by atoms with van der Waals surface area (Å²) in [4.78, 5) is 0. The van der Waals surface area contributed by atoms with Crippen molar-refractivity contribution in [2.24, 2.45) is 0 Å². The Morgan fingerprint density at radius 2 is 2.00 bits per heavy atom. The van der Waals surface area contributed by atoms with Crippen LogP contribution in [0.5, 0.6) is 0 Å². The Kier molecular flexibility index (Phi) is 2.26. The van der Waals surface area contributed by atoms with Crippen LogP contribution in [0.4, 0.5) is 0 Å². The maximum atomic E-state index is 11.5. The smallest absolute Gasteiger partial charge is 0.205 e. The van der Waals surface area contributed by atoms with Gasteiger partial charge in [-0.25, -0.2) is 8.42 Å². The molecule has 0 amide bonds. The minimum Gasteiger partial charge on any atom is -0.205 e. The van der Waals surface area contributed by atoms with E-state index in [0.717, 1.165) is 27.8 Å². The van der Waals surface area contributed by atoms with Gasteiger partial charge >= 0.3 is 0 Å². The van der Waals surface area contributed by atoms with Gasteiger partial charge in [0, 0.05) is 5.39 Å². The zero-order valence-electron chi connectivity index (χ0n) is 8.64.